The quantitative estimate of drug-likeness (QED) is 0.0286. The first-order valence-corrected chi connectivity index (χ1v) is 39.1. The summed E-state index contributed by atoms with van der Waals surface area (Å²) >= 11 is 1.33. The molecule has 586 valence electrons. The number of alkyl carbamates (subject to hydrolysis) is 2. The number of hydrogen-bond donors (Lipinski definition) is 6. The monoisotopic (exact) mass is 1490 g/mol. The molecular weight excluding hydrogens is 1370 g/mol. The maximum absolute atomic E-state index is 14.9. The zero-order valence-corrected chi connectivity index (χ0v) is 65.2. The van der Waals surface area contributed by atoms with E-state index in [2.05, 4.69) is 72.7 Å². The van der Waals surface area contributed by atoms with Crippen molar-refractivity contribution in [1.82, 2.24) is 46.3 Å². The van der Waals surface area contributed by atoms with E-state index in [4.69, 9.17) is 29.7 Å². The molecule has 0 bridgehead atoms. The van der Waals surface area contributed by atoms with Gasteiger partial charge in [0.15, 0.2) is 17.3 Å². The van der Waals surface area contributed by atoms with E-state index in [9.17, 15) is 52.7 Å². The predicted molar refractivity (Wildman–Crippen MR) is 408 cm³/mol. The number of rotatable bonds is 51. The zero-order valence-electron chi connectivity index (χ0n) is 64.4. The van der Waals surface area contributed by atoms with Gasteiger partial charge in [0.2, 0.25) is 11.8 Å². The Bertz CT molecular complexity index is 3330. The van der Waals surface area contributed by atoms with E-state index in [-0.39, 0.29) is 155 Å². The average Bonchev–Trinajstić information content (AvgIpc) is 1.12. The molecule has 26 heteroatoms. The number of thiazole rings is 1. The summed E-state index contributed by atoms with van der Waals surface area (Å²) in [6.07, 6.45) is 10.4. The fourth-order valence-corrected chi connectivity index (χ4v) is 14.1. The van der Waals surface area contributed by atoms with Crippen LogP contribution in [-0.2, 0) is 72.0 Å². The molecule has 0 aliphatic carbocycles. The molecule has 2 aliphatic rings. The number of benzene rings is 2. The fraction of sp³-hybridized carbons (Fsp3) is 0.625. The van der Waals surface area contributed by atoms with E-state index in [1.54, 1.807) is 47.5 Å². The molecule has 1 saturated heterocycles. The highest BCUT2D eigenvalue weighted by Crippen LogP contribution is 2.34. The lowest BCUT2D eigenvalue weighted by molar-refractivity contribution is -0.145. The summed E-state index contributed by atoms with van der Waals surface area (Å²) < 4.78 is 22.7. The van der Waals surface area contributed by atoms with Gasteiger partial charge < -0.3 is 61.1 Å². The molecule has 2 aliphatic heterocycles. The first-order valence-electron chi connectivity index (χ1n) is 38.2. The molecule has 106 heavy (non-hydrogen) atoms. The summed E-state index contributed by atoms with van der Waals surface area (Å²) in [5.74, 6) is -3.27. The number of ether oxygens (including phenoxy) is 4. The Kier molecular flexibility index (Phi) is 39.6. The lowest BCUT2D eigenvalue weighted by atomic mass is 9.82. The van der Waals surface area contributed by atoms with E-state index >= 15 is 0 Å². The highest BCUT2D eigenvalue weighted by atomic mass is 32.1. The Balaban J connectivity index is 1.04. The minimum absolute atomic E-state index is 0.000598. The molecular formula is C80H120N10O15S. The van der Waals surface area contributed by atoms with Crippen LogP contribution in [0.3, 0.4) is 0 Å². The number of hydrogen-bond acceptors (Lipinski definition) is 18. The van der Waals surface area contributed by atoms with Gasteiger partial charge in [-0.05, 0) is 118 Å². The Morgan fingerprint density at radius 3 is 2.12 bits per heavy atom. The zero-order chi connectivity index (χ0) is 77.7. The standard InChI is InChI=1S/C80H120N10O15S/c1-12-37-90(77(98)64(55(8)14-3)48-70(93)67-28-20-22-38-88(67)11)68(54(6)7)49-72(103-40-13-2)76-87-66(52-106-76)75(97)85-61(45-58-24-17-15-18-25-58)44-56(9)71(94)50-84-80(101)104-43-42-102-41-36-83-79(100)105-51-60-32-30-59(31-33-60)46-69(92)65(27-23-35-82-78(81)99)86-74(96)63(53(4)5)47-62(91)26-19-16-21-39-89-57(10)29-34-73(89)95/h15,17-18,24-25,29-34,52-56,61,63-65,67-68,72H,10,12-14,16,19-23,26-28,35-51H2,1-9,11H3,(H,83,100)(H,84,101)(H,85,97)(H,86,96)(H3,81,82,99)/t55-,56-,61+,63-,64-,65-,67+,68+,72+/m0/s1. The Morgan fingerprint density at radius 2 is 1.46 bits per heavy atom. The van der Waals surface area contributed by atoms with E-state index < -0.39 is 66.0 Å². The number of likely N-dealkylation sites (N-methyl/N-ethyl adjacent to an activating group) is 1. The number of nitrogens with two attached hydrogens (primary N) is 1. The first kappa shape index (κ1) is 88.4. The number of primary amides is 1. The second kappa shape index (κ2) is 47.5. The molecule has 5 rings (SSSR count). The van der Waals surface area contributed by atoms with Gasteiger partial charge in [-0.3, -0.25) is 43.3 Å². The largest absolute Gasteiger partial charge is 0.447 e. The molecule has 25 nitrogen and oxygen atoms in total. The van der Waals surface area contributed by atoms with Crippen molar-refractivity contribution in [3.8, 4) is 0 Å². The summed E-state index contributed by atoms with van der Waals surface area (Å²) in [6.45, 7) is 23.9. The Morgan fingerprint density at radius 1 is 0.736 bits per heavy atom. The number of allylic oxidation sites excluding steroid dienone is 1. The summed E-state index contributed by atoms with van der Waals surface area (Å²) in [5, 5.41) is 16.0. The number of likely N-dealkylation sites (tertiary alicyclic amines) is 1. The lowest BCUT2D eigenvalue weighted by Gasteiger charge is -2.40. The number of Topliss-reactive ketones (excluding diaryl/α,β-unsaturated/α-hetero) is 4. The van der Waals surface area contributed by atoms with Crippen molar-refractivity contribution >= 4 is 76.3 Å². The number of carbonyl (C=O) groups excluding carboxylic acids is 11. The third kappa shape index (κ3) is 30.9. The molecule has 8 amide bonds. The van der Waals surface area contributed by atoms with Crippen LogP contribution in [0, 0.1) is 35.5 Å². The lowest BCUT2D eigenvalue weighted by Crippen LogP contribution is -2.50. The molecule has 1 fully saturated rings. The van der Waals surface area contributed by atoms with Crippen molar-refractivity contribution < 1.29 is 71.7 Å². The number of amides is 8. The normalized spacial score (nSPS) is 16.1. The molecule has 3 aromatic rings. The molecule has 7 N–H and O–H groups in total. The van der Waals surface area contributed by atoms with Crippen molar-refractivity contribution in [1.29, 1.82) is 0 Å². The van der Waals surface area contributed by atoms with E-state index in [1.807, 2.05) is 63.1 Å². The number of nitrogens with zero attached hydrogens (tertiary/aromatic N) is 4. The van der Waals surface area contributed by atoms with Gasteiger partial charge >= 0.3 is 18.2 Å². The number of piperidine rings is 1. The van der Waals surface area contributed by atoms with Crippen LogP contribution >= 0.6 is 11.3 Å². The maximum atomic E-state index is 14.9. The first-order chi connectivity index (χ1) is 50.7. The van der Waals surface area contributed by atoms with Crippen LogP contribution in [0.25, 0.3) is 0 Å². The summed E-state index contributed by atoms with van der Waals surface area (Å²) in [7, 11) is 2.01. The van der Waals surface area contributed by atoms with E-state index in [0.29, 0.717) is 73.6 Å². The average molecular weight is 1490 g/mol. The summed E-state index contributed by atoms with van der Waals surface area (Å²) in [5.41, 5.74) is 8.34. The van der Waals surface area contributed by atoms with Crippen molar-refractivity contribution in [2.24, 2.45) is 41.2 Å². The van der Waals surface area contributed by atoms with Crippen molar-refractivity contribution in [3.63, 3.8) is 0 Å². The second-order valence-corrected chi connectivity index (χ2v) is 29.8. The number of aromatic nitrogens is 1. The fourth-order valence-electron chi connectivity index (χ4n) is 13.3. The van der Waals surface area contributed by atoms with Crippen molar-refractivity contribution in [2.75, 3.05) is 72.7 Å². The van der Waals surface area contributed by atoms with Crippen molar-refractivity contribution in [3.05, 3.63) is 112 Å². The van der Waals surface area contributed by atoms with Crippen molar-refractivity contribution in [2.45, 2.75) is 215 Å². The molecule has 0 unspecified atom stereocenters. The third-order valence-corrected chi connectivity index (χ3v) is 20.7. The van der Waals surface area contributed by atoms with Gasteiger partial charge in [-0.25, -0.2) is 19.4 Å². The van der Waals surface area contributed by atoms with Crippen LogP contribution in [0.15, 0.2) is 84.4 Å². The molecule has 2 aromatic carbocycles. The van der Waals surface area contributed by atoms with Gasteiger partial charge in [-0.1, -0.05) is 143 Å². The SMILES string of the molecule is C=C1C=CC(=O)N1CCCCCC(=O)C[C@H](C(=O)N[C@@H](CCCNC(N)=O)C(=O)Cc1ccc(COC(=O)NCCOCCOC(=O)NCC(=O)[C@@H](C)C[C@H](Cc2ccccc2)NC(=O)c2csc([C@@H](C[C@H](C(C)C)N(CCC)C(=O)[C@@H](CC(=O)[C@H]3CCCCN3C)[C@@H](C)CC)OCCC)n2)cc1)C(C)C. The third-order valence-electron chi connectivity index (χ3n) is 19.8. The van der Waals surface area contributed by atoms with E-state index in [1.165, 1.54) is 17.4 Å². The van der Waals surface area contributed by atoms with Crippen LogP contribution < -0.4 is 32.3 Å². The molecule has 0 spiro atoms. The number of ketones is 4. The minimum Gasteiger partial charge on any atom is -0.447 e. The predicted octanol–water partition coefficient (Wildman–Crippen LogP) is 10.7. The van der Waals surface area contributed by atoms with Crippen LogP contribution in [-0.4, -0.2) is 182 Å². The van der Waals surface area contributed by atoms with Gasteiger partial charge in [-0.2, -0.15) is 0 Å². The maximum Gasteiger partial charge on any atom is 0.407 e. The molecule has 0 saturated carbocycles. The van der Waals surface area contributed by atoms with Crippen LogP contribution in [0.1, 0.15) is 203 Å². The van der Waals surface area contributed by atoms with Crippen LogP contribution in [0.2, 0.25) is 0 Å². The van der Waals surface area contributed by atoms with Gasteiger partial charge in [0.05, 0.1) is 31.8 Å². The summed E-state index contributed by atoms with van der Waals surface area (Å²) in [6, 6.07) is 14.0. The highest BCUT2D eigenvalue weighted by molar-refractivity contribution is 7.09. The highest BCUT2D eigenvalue weighted by Gasteiger charge is 2.39. The molecule has 0 radical (unpaired) electrons. The molecule has 3 heterocycles. The number of urea groups is 1. The Labute approximate surface area is 631 Å². The van der Waals surface area contributed by atoms with Gasteiger partial charge in [0, 0.05) is 112 Å². The second-order valence-electron chi connectivity index (χ2n) is 28.9. The van der Waals surface area contributed by atoms with Gasteiger partial charge in [0.25, 0.3) is 11.8 Å². The van der Waals surface area contributed by atoms with Crippen LogP contribution in [0.4, 0.5) is 14.4 Å². The summed E-state index contributed by atoms with van der Waals surface area (Å²) in [4.78, 5) is 156. The van der Waals surface area contributed by atoms with Gasteiger partial charge in [-0.15, -0.1) is 11.3 Å². The van der Waals surface area contributed by atoms with Crippen LogP contribution in [0.5, 0.6) is 0 Å². The number of nitrogens with one attached hydrogen (secondary N) is 5. The molecule has 9 atom stereocenters. The number of unbranched alkanes of at least 4 members (excludes halogenated alkanes) is 2. The van der Waals surface area contributed by atoms with Gasteiger partial charge in [0.1, 0.15) is 35.8 Å². The van der Waals surface area contributed by atoms with E-state index in [0.717, 1.165) is 57.1 Å². The topological polar surface area (TPSA) is 333 Å². The smallest absolute Gasteiger partial charge is 0.407 e. The Hall–Kier alpha value is -8.20. The minimum atomic E-state index is -0.911. The molecule has 1 aromatic heterocycles. The number of carbonyl (C=O) groups is 11.